The Balaban J connectivity index is 1.74. The van der Waals surface area contributed by atoms with Crippen molar-refractivity contribution in [3.05, 3.63) is 77.4 Å². The molecular formula is C28H27NO6S. The highest BCUT2D eigenvalue weighted by atomic mass is 32.2. The Morgan fingerprint density at radius 1 is 0.833 bits per heavy atom. The Morgan fingerprint density at radius 2 is 1.42 bits per heavy atom. The van der Waals surface area contributed by atoms with Crippen LogP contribution in [0, 0.1) is 12.3 Å². The predicted octanol–water partition coefficient (Wildman–Crippen LogP) is 4.55. The van der Waals surface area contributed by atoms with E-state index in [4.69, 9.17) is 9.47 Å². The quantitative estimate of drug-likeness (QED) is 0.282. The topological polar surface area (TPSA) is 91.7 Å². The lowest BCUT2D eigenvalue weighted by molar-refractivity contribution is -0.171. The lowest BCUT2D eigenvalue weighted by atomic mass is 9.84. The third-order valence-corrected chi connectivity index (χ3v) is 8.57. The van der Waals surface area contributed by atoms with Crippen LogP contribution in [-0.4, -0.2) is 37.5 Å². The summed E-state index contributed by atoms with van der Waals surface area (Å²) < 4.78 is 39.6. The summed E-state index contributed by atoms with van der Waals surface area (Å²) in [5, 5.41) is 1.51. The minimum atomic E-state index is -3.93. The molecule has 7 nitrogen and oxygen atoms in total. The van der Waals surface area contributed by atoms with E-state index in [9.17, 15) is 18.0 Å². The zero-order valence-corrected chi connectivity index (χ0v) is 21.2. The fraction of sp³-hybridized carbons (Fsp3) is 0.286. The second-order valence-corrected chi connectivity index (χ2v) is 10.9. The summed E-state index contributed by atoms with van der Waals surface area (Å²) in [5.74, 6) is -1.24. The molecule has 0 saturated heterocycles. The third-order valence-electron chi connectivity index (χ3n) is 6.83. The Labute approximate surface area is 209 Å². The average molecular weight is 506 g/mol. The molecule has 8 heteroatoms. The largest absolute Gasteiger partial charge is 0.465 e. The number of aromatic nitrogens is 1. The molecule has 4 aromatic rings. The van der Waals surface area contributed by atoms with Gasteiger partial charge in [0, 0.05) is 10.8 Å². The maximum Gasteiger partial charge on any atom is 0.324 e. The van der Waals surface area contributed by atoms with Gasteiger partial charge in [0.05, 0.1) is 29.1 Å². The van der Waals surface area contributed by atoms with Crippen molar-refractivity contribution in [1.29, 1.82) is 0 Å². The lowest BCUT2D eigenvalue weighted by Gasteiger charge is -2.23. The van der Waals surface area contributed by atoms with Crippen molar-refractivity contribution >= 4 is 43.8 Å². The minimum absolute atomic E-state index is 0.0854. The van der Waals surface area contributed by atoms with Crippen molar-refractivity contribution in [1.82, 2.24) is 3.97 Å². The SMILES string of the molecule is CCOC(=O)C1(C(=O)OCC)Cc2cc3c4ccccc4n(S(=O)(=O)c4ccc(C)cc4)c3cc2C1. The first-order chi connectivity index (χ1) is 17.2. The van der Waals surface area contributed by atoms with Gasteiger partial charge in [-0.15, -0.1) is 0 Å². The van der Waals surface area contributed by atoms with Crippen LogP contribution in [0.25, 0.3) is 21.8 Å². The Hall–Kier alpha value is -3.65. The van der Waals surface area contributed by atoms with Gasteiger partial charge in [-0.3, -0.25) is 9.59 Å². The highest BCUT2D eigenvalue weighted by molar-refractivity contribution is 7.90. The van der Waals surface area contributed by atoms with Crippen LogP contribution >= 0.6 is 0 Å². The van der Waals surface area contributed by atoms with Crippen LogP contribution in [0.5, 0.6) is 0 Å². The summed E-state index contributed by atoms with van der Waals surface area (Å²) in [5.41, 5.74) is 2.08. The van der Waals surface area contributed by atoms with Gasteiger partial charge in [-0.05, 0) is 75.1 Å². The molecule has 0 bridgehead atoms. The van der Waals surface area contributed by atoms with Crippen LogP contribution in [0.2, 0.25) is 0 Å². The van der Waals surface area contributed by atoms with Crippen LogP contribution < -0.4 is 0 Å². The number of benzene rings is 3. The number of rotatable bonds is 6. The van der Waals surface area contributed by atoms with Crippen LogP contribution in [-0.2, 0) is 41.9 Å². The van der Waals surface area contributed by atoms with Gasteiger partial charge >= 0.3 is 11.9 Å². The van der Waals surface area contributed by atoms with Crippen LogP contribution in [0.3, 0.4) is 0 Å². The molecule has 1 aliphatic rings. The van der Waals surface area contributed by atoms with E-state index < -0.39 is 27.4 Å². The minimum Gasteiger partial charge on any atom is -0.465 e. The molecule has 3 aromatic carbocycles. The Kier molecular flexibility index (Phi) is 5.87. The van der Waals surface area contributed by atoms with E-state index >= 15 is 0 Å². The maximum atomic E-state index is 13.9. The summed E-state index contributed by atoms with van der Waals surface area (Å²) in [7, 11) is -3.93. The molecule has 0 N–H and O–H groups in total. The van der Waals surface area contributed by atoms with Crippen molar-refractivity contribution in [2.75, 3.05) is 13.2 Å². The van der Waals surface area contributed by atoms with Gasteiger partial charge in [0.2, 0.25) is 0 Å². The van der Waals surface area contributed by atoms with Crippen molar-refractivity contribution in [2.45, 2.75) is 38.5 Å². The lowest BCUT2D eigenvalue weighted by Crippen LogP contribution is -2.43. The van der Waals surface area contributed by atoms with Crippen molar-refractivity contribution < 1.29 is 27.5 Å². The smallest absolute Gasteiger partial charge is 0.324 e. The van der Waals surface area contributed by atoms with E-state index in [1.54, 1.807) is 50.2 Å². The molecule has 0 spiro atoms. The van der Waals surface area contributed by atoms with Crippen molar-refractivity contribution in [2.24, 2.45) is 5.41 Å². The van der Waals surface area contributed by atoms with Gasteiger partial charge in [0.25, 0.3) is 10.0 Å². The average Bonchev–Trinajstić information content (AvgIpc) is 3.39. The van der Waals surface area contributed by atoms with Crippen molar-refractivity contribution in [3.63, 3.8) is 0 Å². The van der Waals surface area contributed by atoms with Gasteiger partial charge in [0.15, 0.2) is 5.41 Å². The van der Waals surface area contributed by atoms with Crippen LogP contribution in [0.15, 0.2) is 65.6 Å². The molecule has 186 valence electrons. The highest BCUT2D eigenvalue weighted by Crippen LogP contribution is 2.43. The predicted molar refractivity (Wildman–Crippen MR) is 136 cm³/mol. The molecular weight excluding hydrogens is 478 g/mol. The van der Waals surface area contributed by atoms with Gasteiger partial charge in [0.1, 0.15) is 0 Å². The number of carbonyl (C=O) groups is 2. The Morgan fingerprint density at radius 3 is 2.03 bits per heavy atom. The number of hydrogen-bond acceptors (Lipinski definition) is 6. The number of hydrogen-bond donors (Lipinski definition) is 0. The fourth-order valence-corrected chi connectivity index (χ4v) is 6.61. The van der Waals surface area contributed by atoms with Gasteiger partial charge < -0.3 is 9.47 Å². The molecule has 1 heterocycles. The second kappa shape index (κ2) is 8.78. The molecule has 0 aliphatic heterocycles. The molecule has 0 unspecified atom stereocenters. The van der Waals surface area contributed by atoms with E-state index in [2.05, 4.69) is 0 Å². The molecule has 0 amide bonds. The monoisotopic (exact) mass is 505 g/mol. The van der Waals surface area contributed by atoms with Crippen LogP contribution in [0.1, 0.15) is 30.5 Å². The molecule has 0 saturated carbocycles. The highest BCUT2D eigenvalue weighted by Gasteiger charge is 2.53. The molecule has 0 atom stereocenters. The number of aryl methyl sites for hydroxylation is 1. The zero-order valence-electron chi connectivity index (χ0n) is 20.4. The molecule has 0 fully saturated rings. The molecule has 36 heavy (non-hydrogen) atoms. The summed E-state index contributed by atoms with van der Waals surface area (Å²) in [4.78, 5) is 26.2. The first kappa shape index (κ1) is 24.1. The molecule has 5 rings (SSSR count). The normalized spacial score (nSPS) is 14.6. The van der Waals surface area contributed by atoms with Crippen LogP contribution in [0.4, 0.5) is 0 Å². The third kappa shape index (κ3) is 3.59. The summed E-state index contributed by atoms with van der Waals surface area (Å²) in [6.45, 7) is 5.57. The fourth-order valence-electron chi connectivity index (χ4n) is 5.10. The van der Waals surface area contributed by atoms with E-state index in [1.807, 2.05) is 31.2 Å². The van der Waals surface area contributed by atoms with E-state index in [0.29, 0.717) is 11.0 Å². The number of esters is 2. The number of ether oxygens (including phenoxy) is 2. The number of nitrogens with zero attached hydrogens (tertiary/aromatic N) is 1. The number of para-hydroxylation sites is 1. The van der Waals surface area contributed by atoms with Gasteiger partial charge in [-0.2, -0.15) is 0 Å². The number of fused-ring (bicyclic) bond motifs is 4. The first-order valence-electron chi connectivity index (χ1n) is 11.9. The van der Waals surface area contributed by atoms with Gasteiger partial charge in [-0.25, -0.2) is 12.4 Å². The summed E-state index contributed by atoms with van der Waals surface area (Å²) in [6, 6.07) is 17.8. The van der Waals surface area contributed by atoms with E-state index in [1.165, 1.54) is 3.97 Å². The maximum absolute atomic E-state index is 13.9. The Bertz CT molecular complexity index is 1600. The molecule has 1 aliphatic carbocycles. The second-order valence-electron chi connectivity index (χ2n) is 9.11. The molecule has 1 aromatic heterocycles. The zero-order chi connectivity index (χ0) is 25.7. The van der Waals surface area contributed by atoms with Gasteiger partial charge in [-0.1, -0.05) is 35.9 Å². The van der Waals surface area contributed by atoms with E-state index in [0.717, 1.165) is 27.5 Å². The first-order valence-corrected chi connectivity index (χ1v) is 13.4. The molecule has 0 radical (unpaired) electrons. The standard InChI is InChI=1S/C28H27NO6S/c1-4-34-26(30)28(27(31)35-5-2)16-19-14-23-22-8-6-7-9-24(22)29(25(23)15-20(19)17-28)36(32,33)21-12-10-18(3)11-13-21/h6-15H,4-5,16-17H2,1-3H3. The van der Waals surface area contributed by atoms with Crippen molar-refractivity contribution in [3.8, 4) is 0 Å². The number of carbonyl (C=O) groups excluding carboxylic acids is 2. The summed E-state index contributed by atoms with van der Waals surface area (Å²) >= 11 is 0. The summed E-state index contributed by atoms with van der Waals surface area (Å²) in [6.07, 6.45) is 0.224. The van der Waals surface area contributed by atoms with E-state index in [-0.39, 0.29) is 31.0 Å².